The molecule has 5 heteroatoms. The van der Waals surface area contributed by atoms with Crippen LogP contribution in [0.15, 0.2) is 30.3 Å². The summed E-state index contributed by atoms with van der Waals surface area (Å²) in [5.74, 6) is 0.275. The van der Waals surface area contributed by atoms with Crippen LogP contribution in [0.5, 0.6) is 0 Å². The number of nitrogens with zero attached hydrogens (tertiary/aromatic N) is 1. The summed E-state index contributed by atoms with van der Waals surface area (Å²) in [5.41, 5.74) is 1.40. The molecule has 1 aliphatic carbocycles. The van der Waals surface area contributed by atoms with E-state index in [0.717, 1.165) is 12.8 Å². The molecule has 21 heavy (non-hydrogen) atoms. The van der Waals surface area contributed by atoms with Gasteiger partial charge in [0.1, 0.15) is 0 Å². The predicted molar refractivity (Wildman–Crippen MR) is 82.3 cm³/mol. The highest BCUT2D eigenvalue weighted by molar-refractivity contribution is 7.89. The molecule has 0 aromatic heterocycles. The standard InChI is InChI=1S/C16H23NO3S/c1-2-8-21(18,19)17-12-16(13-17)9-15(10-16)20-11-14-6-4-3-5-7-14/h3-7,15H,2,8-13H2,1H3. The van der Waals surface area contributed by atoms with Crippen LogP contribution in [0, 0.1) is 5.41 Å². The van der Waals surface area contributed by atoms with Gasteiger partial charge in [0.2, 0.25) is 10.0 Å². The molecule has 0 N–H and O–H groups in total. The van der Waals surface area contributed by atoms with E-state index in [2.05, 4.69) is 12.1 Å². The molecule has 2 fully saturated rings. The fourth-order valence-corrected chi connectivity index (χ4v) is 5.07. The van der Waals surface area contributed by atoms with Crippen LogP contribution in [-0.2, 0) is 21.4 Å². The van der Waals surface area contributed by atoms with Gasteiger partial charge in [-0.3, -0.25) is 0 Å². The van der Waals surface area contributed by atoms with E-state index in [4.69, 9.17) is 4.74 Å². The van der Waals surface area contributed by atoms with Crippen molar-refractivity contribution in [1.82, 2.24) is 4.31 Å². The quantitative estimate of drug-likeness (QED) is 0.810. The highest BCUT2D eigenvalue weighted by Gasteiger charge is 2.55. The summed E-state index contributed by atoms with van der Waals surface area (Å²) in [6.07, 6.45) is 2.98. The molecule has 1 heterocycles. The normalized spacial score (nSPS) is 22.0. The Hall–Kier alpha value is -0.910. The molecule has 0 unspecified atom stereocenters. The number of benzene rings is 1. The minimum absolute atomic E-state index is 0.210. The second-order valence-electron chi connectivity index (χ2n) is 6.41. The topological polar surface area (TPSA) is 46.6 Å². The maximum atomic E-state index is 11.9. The Morgan fingerprint density at radius 3 is 2.52 bits per heavy atom. The van der Waals surface area contributed by atoms with E-state index in [1.165, 1.54) is 5.56 Å². The van der Waals surface area contributed by atoms with Gasteiger partial charge in [0.15, 0.2) is 0 Å². The van der Waals surface area contributed by atoms with E-state index in [0.29, 0.717) is 32.2 Å². The molecular formula is C16H23NO3S. The molecule has 116 valence electrons. The lowest BCUT2D eigenvalue weighted by molar-refractivity contribution is -0.133. The predicted octanol–water partition coefficient (Wildman–Crippen LogP) is 2.41. The molecule has 1 spiro atoms. The lowest BCUT2D eigenvalue weighted by Crippen LogP contribution is -2.65. The monoisotopic (exact) mass is 309 g/mol. The summed E-state index contributed by atoms with van der Waals surface area (Å²) in [6.45, 7) is 3.95. The maximum Gasteiger partial charge on any atom is 0.214 e. The number of ether oxygens (including phenoxy) is 1. The first kappa shape index (κ1) is 15.0. The van der Waals surface area contributed by atoms with Crippen molar-refractivity contribution in [3.63, 3.8) is 0 Å². The fraction of sp³-hybridized carbons (Fsp3) is 0.625. The summed E-state index contributed by atoms with van der Waals surface area (Å²) in [6, 6.07) is 10.2. The van der Waals surface area contributed by atoms with Crippen LogP contribution >= 0.6 is 0 Å². The molecule has 0 bridgehead atoms. The lowest BCUT2D eigenvalue weighted by Gasteiger charge is -2.57. The second-order valence-corrected chi connectivity index (χ2v) is 8.50. The van der Waals surface area contributed by atoms with E-state index in [9.17, 15) is 8.42 Å². The van der Waals surface area contributed by atoms with Crippen LogP contribution in [0.1, 0.15) is 31.7 Å². The molecule has 1 saturated heterocycles. The molecule has 4 nitrogen and oxygen atoms in total. The summed E-state index contributed by atoms with van der Waals surface area (Å²) in [7, 11) is -3.00. The minimum Gasteiger partial charge on any atom is -0.373 e. The van der Waals surface area contributed by atoms with Gasteiger partial charge in [-0.05, 0) is 24.8 Å². The smallest absolute Gasteiger partial charge is 0.214 e. The highest BCUT2D eigenvalue weighted by Crippen LogP contribution is 2.50. The zero-order chi connectivity index (χ0) is 14.9. The third kappa shape index (κ3) is 3.15. The van der Waals surface area contributed by atoms with Crippen molar-refractivity contribution in [2.24, 2.45) is 5.41 Å². The molecule has 3 rings (SSSR count). The average molecular weight is 309 g/mol. The van der Waals surface area contributed by atoms with Gasteiger partial charge in [0.25, 0.3) is 0 Å². The molecular weight excluding hydrogens is 286 g/mol. The number of hydrogen-bond acceptors (Lipinski definition) is 3. The van der Waals surface area contributed by atoms with Gasteiger partial charge < -0.3 is 4.74 Å². The first-order chi connectivity index (χ1) is 10.0. The largest absolute Gasteiger partial charge is 0.373 e. The third-order valence-corrected chi connectivity index (χ3v) is 6.50. The van der Waals surface area contributed by atoms with E-state index >= 15 is 0 Å². The van der Waals surface area contributed by atoms with Gasteiger partial charge in [-0.25, -0.2) is 12.7 Å². The van der Waals surface area contributed by atoms with Crippen molar-refractivity contribution in [2.75, 3.05) is 18.8 Å². The zero-order valence-electron chi connectivity index (χ0n) is 12.5. The number of sulfonamides is 1. The Morgan fingerprint density at radius 1 is 1.24 bits per heavy atom. The van der Waals surface area contributed by atoms with Gasteiger partial charge in [0.05, 0.1) is 18.5 Å². The third-order valence-electron chi connectivity index (χ3n) is 4.53. The lowest BCUT2D eigenvalue weighted by atomic mass is 9.63. The average Bonchev–Trinajstić information content (AvgIpc) is 2.36. The summed E-state index contributed by atoms with van der Waals surface area (Å²) < 4.78 is 31.4. The Balaban J connectivity index is 1.41. The number of rotatable bonds is 6. The van der Waals surface area contributed by atoms with Crippen molar-refractivity contribution in [3.05, 3.63) is 35.9 Å². The van der Waals surface area contributed by atoms with Crippen LogP contribution < -0.4 is 0 Å². The van der Waals surface area contributed by atoms with E-state index in [1.54, 1.807) is 4.31 Å². The Morgan fingerprint density at radius 2 is 1.90 bits per heavy atom. The summed E-state index contributed by atoms with van der Waals surface area (Å²) >= 11 is 0. The van der Waals surface area contributed by atoms with Gasteiger partial charge in [-0.2, -0.15) is 0 Å². The van der Waals surface area contributed by atoms with Gasteiger partial charge in [-0.1, -0.05) is 37.3 Å². The highest BCUT2D eigenvalue weighted by atomic mass is 32.2. The van der Waals surface area contributed by atoms with E-state index in [1.807, 2.05) is 25.1 Å². The molecule has 0 radical (unpaired) electrons. The maximum absolute atomic E-state index is 11.9. The van der Waals surface area contributed by atoms with Crippen LogP contribution in [-0.4, -0.2) is 37.7 Å². The first-order valence-corrected chi connectivity index (χ1v) is 9.27. The van der Waals surface area contributed by atoms with Crippen molar-refractivity contribution in [1.29, 1.82) is 0 Å². The van der Waals surface area contributed by atoms with Gasteiger partial charge >= 0.3 is 0 Å². The van der Waals surface area contributed by atoms with Crippen LogP contribution in [0.2, 0.25) is 0 Å². The Kier molecular flexibility index (Phi) is 4.08. The minimum atomic E-state index is -3.00. The molecule has 0 amide bonds. The van der Waals surface area contributed by atoms with Gasteiger partial charge in [0, 0.05) is 18.5 Å². The summed E-state index contributed by atoms with van der Waals surface area (Å²) in [4.78, 5) is 0. The first-order valence-electron chi connectivity index (χ1n) is 7.66. The van der Waals surface area contributed by atoms with Crippen LogP contribution in [0.25, 0.3) is 0 Å². The molecule has 2 aliphatic rings. The van der Waals surface area contributed by atoms with E-state index in [-0.39, 0.29) is 11.2 Å². The Labute approximate surface area is 127 Å². The second kappa shape index (κ2) is 5.71. The molecule has 1 aliphatic heterocycles. The molecule has 1 saturated carbocycles. The van der Waals surface area contributed by atoms with Crippen LogP contribution in [0.4, 0.5) is 0 Å². The summed E-state index contributed by atoms with van der Waals surface area (Å²) in [5, 5.41) is 0. The molecule has 0 atom stereocenters. The SMILES string of the molecule is CCCS(=O)(=O)N1CC2(CC(OCc3ccccc3)C2)C1. The fourth-order valence-electron chi connectivity index (χ4n) is 3.36. The number of hydrogen-bond donors (Lipinski definition) is 0. The van der Waals surface area contributed by atoms with Crippen molar-refractivity contribution in [2.45, 2.75) is 38.9 Å². The van der Waals surface area contributed by atoms with Crippen molar-refractivity contribution < 1.29 is 13.2 Å². The molecule has 1 aromatic carbocycles. The van der Waals surface area contributed by atoms with Crippen molar-refractivity contribution in [3.8, 4) is 0 Å². The van der Waals surface area contributed by atoms with E-state index < -0.39 is 10.0 Å². The Bertz CT molecular complexity index is 571. The van der Waals surface area contributed by atoms with Crippen molar-refractivity contribution >= 4 is 10.0 Å². The van der Waals surface area contributed by atoms with Crippen LogP contribution in [0.3, 0.4) is 0 Å². The molecule has 1 aromatic rings. The van der Waals surface area contributed by atoms with Gasteiger partial charge in [-0.15, -0.1) is 0 Å². The zero-order valence-corrected chi connectivity index (χ0v) is 13.3.